The van der Waals surface area contributed by atoms with E-state index in [1.54, 1.807) is 0 Å². The van der Waals surface area contributed by atoms with Crippen LogP contribution in [-0.2, 0) is 6.42 Å². The number of thiophene rings is 1. The molecular weight excluding hydrogens is 276 g/mol. The van der Waals surface area contributed by atoms with Crippen molar-refractivity contribution in [3.63, 3.8) is 0 Å². The molecule has 2 bridgehead atoms. The summed E-state index contributed by atoms with van der Waals surface area (Å²) in [5.74, 6) is 1.73. The Morgan fingerprint density at radius 3 is 2.52 bits per heavy atom. The summed E-state index contributed by atoms with van der Waals surface area (Å²) in [6.07, 6.45) is 5.46. The Bertz CT molecular complexity index is 414. The third-order valence-corrected chi connectivity index (χ3v) is 6.30. The quantitative estimate of drug-likeness (QED) is 0.890. The smallest absolute Gasteiger partial charge is 0.0151 e. The monoisotopic (exact) mass is 306 g/mol. The predicted molar refractivity (Wildman–Crippen MR) is 91.9 cm³/mol. The number of rotatable bonds is 5. The van der Waals surface area contributed by atoms with E-state index >= 15 is 0 Å². The number of fused-ring (bicyclic) bond motifs is 2. The van der Waals surface area contributed by atoms with E-state index in [0.717, 1.165) is 17.9 Å². The molecule has 1 saturated heterocycles. The Balaban J connectivity index is 1.60. The van der Waals surface area contributed by atoms with Gasteiger partial charge in [0.1, 0.15) is 0 Å². The maximum Gasteiger partial charge on any atom is 0.0151 e. The maximum absolute atomic E-state index is 4.00. The van der Waals surface area contributed by atoms with Gasteiger partial charge in [-0.05, 0) is 63.3 Å². The Morgan fingerprint density at radius 2 is 1.95 bits per heavy atom. The summed E-state index contributed by atoms with van der Waals surface area (Å²) >= 11 is 1.89. The number of likely N-dealkylation sites (tertiary alicyclic amines) is 1. The molecule has 2 aliphatic rings. The van der Waals surface area contributed by atoms with Crippen molar-refractivity contribution in [1.82, 2.24) is 10.2 Å². The second-order valence-corrected chi connectivity index (χ2v) is 8.41. The van der Waals surface area contributed by atoms with Crippen LogP contribution >= 0.6 is 11.3 Å². The van der Waals surface area contributed by atoms with Gasteiger partial charge in [0, 0.05) is 36.1 Å². The van der Waals surface area contributed by atoms with Crippen molar-refractivity contribution in [2.75, 3.05) is 13.1 Å². The van der Waals surface area contributed by atoms with E-state index in [2.05, 4.69) is 48.5 Å². The predicted octanol–water partition coefficient (Wildman–Crippen LogP) is 3.78. The third-order valence-electron chi connectivity index (χ3n) is 5.40. The second-order valence-electron chi connectivity index (χ2n) is 7.38. The van der Waals surface area contributed by atoms with E-state index in [0.29, 0.717) is 12.1 Å². The molecular formula is C18H30N2S. The molecule has 1 saturated carbocycles. The van der Waals surface area contributed by atoms with Crippen molar-refractivity contribution in [3.8, 4) is 0 Å². The molecule has 1 aromatic heterocycles. The first-order valence-electron chi connectivity index (χ1n) is 8.66. The van der Waals surface area contributed by atoms with Crippen LogP contribution in [0.5, 0.6) is 0 Å². The fourth-order valence-electron chi connectivity index (χ4n) is 4.28. The molecule has 1 N–H and O–H groups in total. The van der Waals surface area contributed by atoms with Crippen molar-refractivity contribution < 1.29 is 0 Å². The van der Waals surface area contributed by atoms with Crippen molar-refractivity contribution in [3.05, 3.63) is 22.4 Å². The summed E-state index contributed by atoms with van der Waals surface area (Å²) in [7, 11) is 0. The van der Waals surface area contributed by atoms with Gasteiger partial charge in [-0.3, -0.25) is 0 Å². The number of hydrogen-bond acceptors (Lipinski definition) is 3. The van der Waals surface area contributed by atoms with E-state index in [1.165, 1.54) is 43.6 Å². The lowest BCUT2D eigenvalue weighted by molar-refractivity contribution is 0.0258. The van der Waals surface area contributed by atoms with Crippen molar-refractivity contribution >= 4 is 11.3 Å². The molecule has 1 aromatic rings. The molecule has 0 spiro atoms. The molecule has 3 heteroatoms. The van der Waals surface area contributed by atoms with Crippen molar-refractivity contribution in [1.29, 1.82) is 0 Å². The number of hydrogen-bond donors (Lipinski definition) is 1. The average molecular weight is 307 g/mol. The molecule has 1 aliphatic heterocycles. The second kappa shape index (κ2) is 6.80. The number of piperidine rings is 1. The highest BCUT2D eigenvalue weighted by molar-refractivity contribution is 7.09. The lowest BCUT2D eigenvalue weighted by atomic mass is 9.73. The van der Waals surface area contributed by atoms with Gasteiger partial charge in [-0.2, -0.15) is 0 Å². The first-order chi connectivity index (χ1) is 10.1. The van der Waals surface area contributed by atoms with Gasteiger partial charge in [-0.15, -0.1) is 11.3 Å². The molecule has 118 valence electrons. The van der Waals surface area contributed by atoms with Gasteiger partial charge in [0.15, 0.2) is 0 Å². The van der Waals surface area contributed by atoms with Gasteiger partial charge in [-0.25, -0.2) is 0 Å². The third kappa shape index (κ3) is 3.69. The highest BCUT2D eigenvalue weighted by Crippen LogP contribution is 2.36. The number of nitrogens with zero attached hydrogens (tertiary/aromatic N) is 1. The zero-order valence-corrected chi connectivity index (χ0v) is 14.5. The summed E-state index contributed by atoms with van der Waals surface area (Å²) in [5, 5.41) is 6.19. The van der Waals surface area contributed by atoms with Crippen LogP contribution in [-0.4, -0.2) is 36.1 Å². The lowest BCUT2D eigenvalue weighted by Crippen LogP contribution is -2.59. The van der Waals surface area contributed by atoms with E-state index in [-0.39, 0.29) is 0 Å². The van der Waals surface area contributed by atoms with Gasteiger partial charge in [0.2, 0.25) is 0 Å². The highest BCUT2D eigenvalue weighted by atomic mass is 32.1. The molecule has 3 unspecified atom stereocenters. The minimum Gasteiger partial charge on any atom is -0.310 e. The standard InChI is InChI=1S/C18H30N2S/c1-13(2)20-11-15-6-4-7-16(12-20)18(15)19-14(3)10-17-8-5-9-21-17/h5,8-9,13-16,18-19H,4,6-7,10-12H2,1-3H3. The Morgan fingerprint density at radius 1 is 1.24 bits per heavy atom. The molecule has 0 radical (unpaired) electrons. The minimum atomic E-state index is 0.599. The SMILES string of the molecule is CC(Cc1cccs1)NC1C2CCCC1CN(C(C)C)C2. The molecule has 0 amide bonds. The molecule has 0 aromatic carbocycles. The summed E-state index contributed by atoms with van der Waals surface area (Å²) in [6.45, 7) is 9.67. The van der Waals surface area contributed by atoms with Crippen LogP contribution < -0.4 is 5.32 Å². The average Bonchev–Trinajstić information content (AvgIpc) is 2.90. The zero-order valence-electron chi connectivity index (χ0n) is 13.7. The van der Waals surface area contributed by atoms with Crippen LogP contribution in [0, 0.1) is 11.8 Å². The summed E-state index contributed by atoms with van der Waals surface area (Å²) < 4.78 is 0. The fourth-order valence-corrected chi connectivity index (χ4v) is 5.12. The molecule has 21 heavy (non-hydrogen) atoms. The van der Waals surface area contributed by atoms with Crippen LogP contribution in [0.2, 0.25) is 0 Å². The largest absolute Gasteiger partial charge is 0.310 e. The first kappa shape index (κ1) is 15.5. The van der Waals surface area contributed by atoms with Crippen molar-refractivity contribution in [2.45, 2.75) is 64.6 Å². The Hall–Kier alpha value is -0.380. The van der Waals surface area contributed by atoms with E-state index in [4.69, 9.17) is 0 Å². The topological polar surface area (TPSA) is 15.3 Å². The molecule has 2 nitrogen and oxygen atoms in total. The van der Waals surface area contributed by atoms with Crippen LogP contribution in [0.4, 0.5) is 0 Å². The lowest BCUT2D eigenvalue weighted by Gasteiger charge is -2.49. The molecule has 3 rings (SSSR count). The van der Waals surface area contributed by atoms with Gasteiger partial charge >= 0.3 is 0 Å². The van der Waals surface area contributed by atoms with E-state index in [9.17, 15) is 0 Å². The highest BCUT2D eigenvalue weighted by Gasteiger charge is 2.40. The van der Waals surface area contributed by atoms with Gasteiger partial charge in [0.25, 0.3) is 0 Å². The molecule has 1 aliphatic carbocycles. The summed E-state index contributed by atoms with van der Waals surface area (Å²) in [4.78, 5) is 4.22. The van der Waals surface area contributed by atoms with Crippen LogP contribution in [0.1, 0.15) is 44.9 Å². The van der Waals surface area contributed by atoms with E-state index in [1.807, 2.05) is 11.3 Å². The first-order valence-corrected chi connectivity index (χ1v) is 9.54. The summed E-state index contributed by atoms with van der Waals surface area (Å²) in [5.41, 5.74) is 0. The summed E-state index contributed by atoms with van der Waals surface area (Å²) in [6, 6.07) is 6.50. The molecule has 2 fully saturated rings. The van der Waals surface area contributed by atoms with Crippen LogP contribution in [0.3, 0.4) is 0 Å². The Labute approximate surface area is 133 Å². The van der Waals surface area contributed by atoms with Gasteiger partial charge < -0.3 is 10.2 Å². The molecule has 3 atom stereocenters. The number of nitrogens with one attached hydrogen (secondary N) is 1. The van der Waals surface area contributed by atoms with Crippen LogP contribution in [0.15, 0.2) is 17.5 Å². The van der Waals surface area contributed by atoms with Gasteiger partial charge in [0.05, 0.1) is 0 Å². The van der Waals surface area contributed by atoms with Gasteiger partial charge in [-0.1, -0.05) is 12.5 Å². The molecule has 2 heterocycles. The minimum absolute atomic E-state index is 0.599. The normalized spacial score (nSPS) is 31.5. The maximum atomic E-state index is 4.00. The van der Waals surface area contributed by atoms with Crippen LogP contribution in [0.25, 0.3) is 0 Å². The Kier molecular flexibility index (Phi) is 5.03. The van der Waals surface area contributed by atoms with E-state index < -0.39 is 0 Å². The fraction of sp³-hybridized carbons (Fsp3) is 0.778. The zero-order chi connectivity index (χ0) is 14.8. The van der Waals surface area contributed by atoms with Crippen molar-refractivity contribution in [2.24, 2.45) is 11.8 Å².